The molecule has 4 rings (SSSR count). The Morgan fingerprint density at radius 1 is 1.05 bits per heavy atom. The van der Waals surface area contributed by atoms with Crippen molar-refractivity contribution in [2.75, 3.05) is 44.2 Å². The molecule has 2 aliphatic heterocycles. The van der Waals surface area contributed by atoms with Crippen molar-refractivity contribution in [3.8, 4) is 6.07 Å². The third-order valence-electron chi connectivity index (χ3n) is 6.43. The van der Waals surface area contributed by atoms with Gasteiger partial charge in [0.15, 0.2) is 0 Å². The molecule has 15 heteroatoms. The topological polar surface area (TPSA) is 109 Å². The van der Waals surface area contributed by atoms with Gasteiger partial charge in [0, 0.05) is 50.2 Å². The number of nitrogens with zero attached hydrogens (tertiary/aromatic N) is 6. The molecule has 1 atom stereocenters. The first-order valence-electron chi connectivity index (χ1n) is 11.3. The number of carbonyl (C=O) groups excluding carboxylic acids is 1. The molecule has 2 aliphatic rings. The van der Waals surface area contributed by atoms with Crippen LogP contribution in [0.1, 0.15) is 41.3 Å². The Hall–Kier alpha value is -3.67. The van der Waals surface area contributed by atoms with E-state index in [2.05, 4.69) is 9.97 Å². The van der Waals surface area contributed by atoms with Gasteiger partial charge in [-0.1, -0.05) is 0 Å². The summed E-state index contributed by atoms with van der Waals surface area (Å²) in [5.74, 6) is -0.166. The summed E-state index contributed by atoms with van der Waals surface area (Å²) in [5.41, 5.74) is -4.02. The predicted molar refractivity (Wildman–Crippen MR) is 116 cm³/mol. The minimum Gasteiger partial charge on any atom is -0.338 e. The number of hydrogen-bond donors (Lipinski definition) is 1. The zero-order valence-electron chi connectivity index (χ0n) is 19.2. The van der Waals surface area contributed by atoms with Crippen LogP contribution in [-0.2, 0) is 17.1 Å². The van der Waals surface area contributed by atoms with E-state index in [1.807, 2.05) is 4.98 Å². The zero-order valence-corrected chi connectivity index (χ0v) is 19.2. The highest BCUT2D eigenvalue weighted by molar-refractivity contribution is 5.78. The summed E-state index contributed by atoms with van der Waals surface area (Å²) in [7, 11) is 0. The van der Waals surface area contributed by atoms with E-state index in [1.165, 1.54) is 0 Å². The van der Waals surface area contributed by atoms with E-state index < -0.39 is 35.1 Å². The van der Waals surface area contributed by atoms with Gasteiger partial charge in [0.1, 0.15) is 17.3 Å². The summed E-state index contributed by atoms with van der Waals surface area (Å²) in [6.07, 6.45) is -7.05. The molecule has 4 heterocycles. The van der Waals surface area contributed by atoms with Crippen molar-refractivity contribution in [3.63, 3.8) is 0 Å². The lowest BCUT2D eigenvalue weighted by molar-refractivity contribution is -0.139. The summed E-state index contributed by atoms with van der Waals surface area (Å²) in [6, 6.07) is 1.77. The summed E-state index contributed by atoms with van der Waals surface area (Å²) in [5, 5.41) is 9.38. The smallest absolute Gasteiger partial charge is 0.338 e. The molecule has 2 aromatic rings. The minimum absolute atomic E-state index is 0.0176. The summed E-state index contributed by atoms with van der Waals surface area (Å²) in [6.45, 7) is 1.39. The molecule has 2 aromatic heterocycles. The van der Waals surface area contributed by atoms with Gasteiger partial charge in [0.2, 0.25) is 11.9 Å². The molecule has 2 fully saturated rings. The Morgan fingerprint density at radius 3 is 2.27 bits per heavy atom. The molecule has 0 bridgehead atoms. The molecule has 0 radical (unpaired) electrons. The van der Waals surface area contributed by atoms with Crippen LogP contribution in [0.2, 0.25) is 0 Å². The maximum Gasteiger partial charge on any atom is 0.421 e. The molecular weight excluding hydrogens is 508 g/mol. The van der Waals surface area contributed by atoms with Crippen LogP contribution < -0.4 is 10.5 Å². The van der Waals surface area contributed by atoms with Gasteiger partial charge < -0.3 is 14.8 Å². The first kappa shape index (κ1) is 26.4. The predicted octanol–water partition coefficient (Wildman–Crippen LogP) is 2.56. The number of nitrogens with one attached hydrogen (secondary N) is 1. The van der Waals surface area contributed by atoms with Crippen molar-refractivity contribution in [3.05, 3.63) is 51.2 Å². The van der Waals surface area contributed by atoms with Crippen LogP contribution in [-0.4, -0.2) is 69.9 Å². The Bertz CT molecular complexity index is 1240. The number of pyridine rings is 1. The number of amides is 1. The van der Waals surface area contributed by atoms with E-state index in [0.717, 1.165) is 0 Å². The minimum atomic E-state index is -4.90. The lowest BCUT2D eigenvalue weighted by Crippen LogP contribution is -2.51. The summed E-state index contributed by atoms with van der Waals surface area (Å²) in [4.78, 5) is 39.2. The second kappa shape index (κ2) is 10.0. The van der Waals surface area contributed by atoms with Gasteiger partial charge in [-0.25, -0.2) is 9.97 Å². The molecule has 0 spiro atoms. The molecule has 198 valence electrons. The third kappa shape index (κ3) is 5.68. The number of aromatic nitrogens is 3. The molecular formula is C22H21F6N7O2. The van der Waals surface area contributed by atoms with Crippen molar-refractivity contribution < 1.29 is 31.1 Å². The van der Waals surface area contributed by atoms with Gasteiger partial charge >= 0.3 is 12.4 Å². The van der Waals surface area contributed by atoms with Crippen LogP contribution >= 0.6 is 0 Å². The van der Waals surface area contributed by atoms with Gasteiger partial charge in [-0.05, 0) is 25.5 Å². The van der Waals surface area contributed by atoms with Crippen molar-refractivity contribution in [1.82, 2.24) is 24.8 Å². The van der Waals surface area contributed by atoms with E-state index in [4.69, 9.17) is 0 Å². The monoisotopic (exact) mass is 529 g/mol. The van der Waals surface area contributed by atoms with Crippen molar-refractivity contribution in [2.24, 2.45) is 0 Å². The van der Waals surface area contributed by atoms with Gasteiger partial charge in [-0.3, -0.25) is 14.5 Å². The average molecular weight is 529 g/mol. The molecule has 1 unspecified atom stereocenters. The number of halogens is 6. The highest BCUT2D eigenvalue weighted by Gasteiger charge is 2.38. The van der Waals surface area contributed by atoms with E-state index in [-0.39, 0.29) is 55.8 Å². The van der Waals surface area contributed by atoms with Gasteiger partial charge in [-0.2, -0.15) is 31.6 Å². The van der Waals surface area contributed by atoms with Crippen LogP contribution in [0.15, 0.2) is 23.3 Å². The fourth-order valence-electron chi connectivity index (χ4n) is 4.54. The molecule has 0 aliphatic carbocycles. The van der Waals surface area contributed by atoms with Crippen molar-refractivity contribution in [2.45, 2.75) is 31.2 Å². The zero-order chi connectivity index (χ0) is 27.0. The fraction of sp³-hybridized carbons (Fsp3) is 0.500. The highest BCUT2D eigenvalue weighted by Crippen LogP contribution is 2.36. The Labute approximate surface area is 206 Å². The lowest BCUT2D eigenvalue weighted by atomic mass is 10.0. The standard InChI is InChI=1S/C22H21F6N7O2/c23-21(24,25)13-10-30-20(31-11-13)34-6-4-33(5-7-34)18(36)12-35-3-1-2-17(35)14-8-15(22(26,27)28)19(37)32-16(14)9-29/h8,10-11,17H,1-7,12H2,(H,32,37). The van der Waals surface area contributed by atoms with E-state index in [0.29, 0.717) is 37.8 Å². The van der Waals surface area contributed by atoms with Gasteiger partial charge in [-0.15, -0.1) is 0 Å². The second-order valence-corrected chi connectivity index (χ2v) is 8.72. The Kier molecular flexibility index (Phi) is 7.13. The third-order valence-corrected chi connectivity index (χ3v) is 6.43. The number of anilines is 1. The van der Waals surface area contributed by atoms with E-state index in [9.17, 15) is 41.2 Å². The number of nitriles is 1. The summed E-state index contributed by atoms with van der Waals surface area (Å²) >= 11 is 0. The number of alkyl halides is 6. The van der Waals surface area contributed by atoms with Gasteiger partial charge in [0.05, 0.1) is 12.1 Å². The lowest BCUT2D eigenvalue weighted by Gasteiger charge is -2.36. The molecule has 0 saturated carbocycles. The number of piperazine rings is 1. The van der Waals surface area contributed by atoms with Crippen LogP contribution in [0.3, 0.4) is 0 Å². The van der Waals surface area contributed by atoms with Crippen LogP contribution in [0.5, 0.6) is 0 Å². The van der Waals surface area contributed by atoms with Crippen LogP contribution in [0, 0.1) is 11.3 Å². The first-order chi connectivity index (χ1) is 17.4. The number of aromatic amines is 1. The van der Waals surface area contributed by atoms with E-state index >= 15 is 0 Å². The normalized spacial score (nSPS) is 19.2. The van der Waals surface area contributed by atoms with Crippen molar-refractivity contribution in [1.29, 1.82) is 5.26 Å². The van der Waals surface area contributed by atoms with Gasteiger partial charge in [0.25, 0.3) is 5.56 Å². The van der Waals surface area contributed by atoms with E-state index in [1.54, 1.807) is 20.8 Å². The van der Waals surface area contributed by atoms with Crippen molar-refractivity contribution >= 4 is 11.9 Å². The number of likely N-dealkylation sites (tertiary alicyclic amines) is 1. The first-order valence-corrected chi connectivity index (χ1v) is 11.3. The second-order valence-electron chi connectivity index (χ2n) is 8.72. The molecule has 0 aromatic carbocycles. The molecule has 9 nitrogen and oxygen atoms in total. The number of H-pyrrole nitrogens is 1. The number of carbonyl (C=O) groups is 1. The van der Waals surface area contributed by atoms with Crippen LogP contribution in [0.25, 0.3) is 0 Å². The Balaban J connectivity index is 1.41. The molecule has 37 heavy (non-hydrogen) atoms. The number of rotatable bonds is 4. The highest BCUT2D eigenvalue weighted by atomic mass is 19.4. The molecule has 2 saturated heterocycles. The maximum absolute atomic E-state index is 13.3. The molecule has 1 N–H and O–H groups in total. The maximum atomic E-state index is 13.3. The number of hydrogen-bond acceptors (Lipinski definition) is 7. The van der Waals surface area contributed by atoms with Crippen LogP contribution in [0.4, 0.5) is 32.3 Å². The summed E-state index contributed by atoms with van der Waals surface area (Å²) < 4.78 is 78.0. The Morgan fingerprint density at radius 2 is 1.70 bits per heavy atom. The average Bonchev–Trinajstić information content (AvgIpc) is 3.30. The SMILES string of the molecule is N#Cc1[nH]c(=O)c(C(F)(F)F)cc1C1CCCN1CC(=O)N1CCN(c2ncc(C(F)(F)F)cn2)CC1. The largest absolute Gasteiger partial charge is 0.421 e. The fourth-order valence-corrected chi connectivity index (χ4v) is 4.54. The quantitative estimate of drug-likeness (QED) is 0.607. The molecule has 1 amide bonds.